The second-order valence-electron chi connectivity index (χ2n) is 12.8. The molecule has 0 radical (unpaired) electrons. The summed E-state index contributed by atoms with van der Waals surface area (Å²) >= 11 is 0. The number of carbonyl (C=O) groups excluding carboxylic acids is 1. The lowest BCUT2D eigenvalue weighted by Gasteiger charge is -2.41. The van der Waals surface area contributed by atoms with E-state index in [-0.39, 0.29) is 19.6 Å². The first kappa shape index (κ1) is 45.6. The molecule has 0 aromatic carbocycles. The van der Waals surface area contributed by atoms with E-state index in [1.165, 1.54) is 38.5 Å². The molecule has 6 atom stereocenters. The smallest absolute Gasteiger partial charge is 0.397 e. The Morgan fingerprint density at radius 3 is 1.98 bits per heavy atom. The van der Waals surface area contributed by atoms with E-state index >= 15 is 0 Å². The van der Waals surface area contributed by atoms with E-state index in [0.717, 1.165) is 70.6 Å². The number of esters is 1. The zero-order chi connectivity index (χ0) is 36.2. The van der Waals surface area contributed by atoms with E-state index < -0.39 is 59.8 Å². The summed E-state index contributed by atoms with van der Waals surface area (Å²) in [6.45, 7) is 3.84. The van der Waals surface area contributed by atoms with Crippen LogP contribution in [0.25, 0.3) is 0 Å². The summed E-state index contributed by atoms with van der Waals surface area (Å²) in [4.78, 5) is 12.6. The summed E-state index contributed by atoms with van der Waals surface area (Å²) in [7, 11) is -5.05. The van der Waals surface area contributed by atoms with Gasteiger partial charge in [0.05, 0.1) is 19.8 Å². The van der Waals surface area contributed by atoms with Crippen molar-refractivity contribution in [2.45, 2.75) is 173 Å². The zero-order valence-corrected chi connectivity index (χ0v) is 30.8. The third-order valence-electron chi connectivity index (χ3n) is 8.33. The highest BCUT2D eigenvalue weighted by atomic mass is 32.3. The number of carbonyl (C=O) groups is 1. The number of hydrogen-bond acceptors (Lipinski definition) is 11. The van der Waals surface area contributed by atoms with Gasteiger partial charge in [-0.3, -0.25) is 9.35 Å². The normalized spacial score (nSPS) is 22.3. The Hall–Kier alpha value is -1.42. The predicted molar refractivity (Wildman–Crippen MR) is 188 cm³/mol. The van der Waals surface area contributed by atoms with Gasteiger partial charge >= 0.3 is 16.4 Å². The van der Waals surface area contributed by atoms with Gasteiger partial charge in [-0.15, -0.1) is 0 Å². The molecular formula is C36H66O12S. The van der Waals surface area contributed by atoms with Crippen molar-refractivity contribution < 1.29 is 56.2 Å². The van der Waals surface area contributed by atoms with E-state index in [2.05, 4.69) is 42.3 Å². The van der Waals surface area contributed by atoms with Crippen molar-refractivity contribution in [2.75, 3.05) is 26.4 Å². The van der Waals surface area contributed by atoms with Crippen LogP contribution >= 0.6 is 0 Å². The number of hydrogen-bond donors (Lipinski definition) is 4. The Bertz CT molecular complexity index is 973. The van der Waals surface area contributed by atoms with Crippen LogP contribution in [0.2, 0.25) is 0 Å². The van der Waals surface area contributed by atoms with Gasteiger partial charge < -0.3 is 34.3 Å². The molecule has 12 nitrogen and oxygen atoms in total. The summed E-state index contributed by atoms with van der Waals surface area (Å²) in [5, 5.41) is 30.4. The van der Waals surface area contributed by atoms with Gasteiger partial charge in [-0.05, 0) is 44.9 Å². The van der Waals surface area contributed by atoms with E-state index in [1.807, 2.05) is 0 Å². The molecule has 49 heavy (non-hydrogen) atoms. The molecule has 0 amide bonds. The molecule has 288 valence electrons. The van der Waals surface area contributed by atoms with Gasteiger partial charge in [0.2, 0.25) is 0 Å². The highest BCUT2D eigenvalue weighted by Gasteiger charge is 2.48. The predicted octanol–water partition coefficient (Wildman–Crippen LogP) is 6.12. The molecule has 0 saturated carbocycles. The lowest BCUT2D eigenvalue weighted by molar-refractivity contribution is -0.301. The van der Waals surface area contributed by atoms with Crippen LogP contribution in [0.1, 0.15) is 136 Å². The van der Waals surface area contributed by atoms with Crippen molar-refractivity contribution in [3.63, 3.8) is 0 Å². The van der Waals surface area contributed by atoms with Crippen molar-refractivity contribution in [1.29, 1.82) is 0 Å². The number of ether oxygens (including phenoxy) is 4. The molecule has 1 rings (SSSR count). The monoisotopic (exact) mass is 722 g/mol. The quantitative estimate of drug-likeness (QED) is 0.0279. The van der Waals surface area contributed by atoms with Gasteiger partial charge in [-0.25, -0.2) is 4.18 Å². The molecule has 4 N–H and O–H groups in total. The first-order chi connectivity index (χ1) is 23.6. The maximum Gasteiger partial charge on any atom is 0.397 e. The van der Waals surface area contributed by atoms with Crippen LogP contribution in [0.3, 0.4) is 0 Å². The van der Waals surface area contributed by atoms with Gasteiger partial charge in [0.1, 0.15) is 30.5 Å². The molecular weight excluding hydrogens is 656 g/mol. The van der Waals surface area contributed by atoms with Crippen LogP contribution in [0.4, 0.5) is 0 Å². The van der Waals surface area contributed by atoms with Crippen LogP contribution in [-0.2, 0) is 38.3 Å². The van der Waals surface area contributed by atoms with Gasteiger partial charge in [0, 0.05) is 13.0 Å². The van der Waals surface area contributed by atoms with Crippen LogP contribution in [0.5, 0.6) is 0 Å². The topological polar surface area (TPSA) is 178 Å². The molecule has 1 heterocycles. The summed E-state index contributed by atoms with van der Waals surface area (Å²) in [5.74, 6) is -0.414. The Kier molecular flexibility index (Phi) is 27.2. The highest BCUT2D eigenvalue weighted by molar-refractivity contribution is 7.80. The minimum atomic E-state index is -5.05. The molecule has 1 fully saturated rings. The van der Waals surface area contributed by atoms with Crippen molar-refractivity contribution >= 4 is 16.4 Å². The largest absolute Gasteiger partial charge is 0.457 e. The Balaban J connectivity index is 2.46. The number of aliphatic hydroxyl groups excluding tert-OH is 3. The minimum Gasteiger partial charge on any atom is -0.457 e. The summed E-state index contributed by atoms with van der Waals surface area (Å²) in [5.41, 5.74) is 0. The highest BCUT2D eigenvalue weighted by Crippen LogP contribution is 2.26. The van der Waals surface area contributed by atoms with E-state index in [4.69, 9.17) is 23.5 Å². The van der Waals surface area contributed by atoms with Gasteiger partial charge in [-0.1, -0.05) is 109 Å². The molecule has 1 saturated heterocycles. The molecule has 0 bridgehead atoms. The average Bonchev–Trinajstić information content (AvgIpc) is 3.06. The summed E-state index contributed by atoms with van der Waals surface area (Å²) in [6, 6.07) is 0. The maximum atomic E-state index is 12.6. The Labute approximate surface area is 295 Å². The Morgan fingerprint density at radius 1 is 0.776 bits per heavy atom. The number of aliphatic hydroxyl groups is 3. The molecule has 0 aromatic heterocycles. The van der Waals surface area contributed by atoms with Gasteiger partial charge in [0.25, 0.3) is 0 Å². The van der Waals surface area contributed by atoms with E-state index in [1.54, 1.807) is 0 Å². The second kappa shape index (κ2) is 29.2. The van der Waals surface area contributed by atoms with Crippen molar-refractivity contribution in [1.82, 2.24) is 0 Å². The third kappa shape index (κ3) is 23.6. The van der Waals surface area contributed by atoms with Crippen LogP contribution in [0.15, 0.2) is 24.3 Å². The van der Waals surface area contributed by atoms with Crippen LogP contribution in [-0.4, -0.2) is 97.5 Å². The standard InChI is InChI=1S/C36H66O12S/c1-3-5-7-9-11-12-13-14-15-16-17-18-19-20-22-24-26-44-28-30(46-32(38)25-23-21-10-8-6-4-2)29-45-36-34(40)35(48-49(41,42)43)33(39)31(27-37)47-36/h11-12,14-15,30-31,33-37,39-40H,3-10,13,16-29H2,1-2H3,(H,41,42,43)/b12-11-,15-14-. The SMILES string of the molecule is CCCCC/C=C\C/C=C\CCCCCCCCOCC(COC1OC(CO)C(O)C(OS(=O)(=O)O)C1O)OC(=O)CCCCCCCC. The fraction of sp³-hybridized carbons (Fsp3) is 0.861. The van der Waals surface area contributed by atoms with Gasteiger partial charge in [0.15, 0.2) is 6.29 Å². The lowest BCUT2D eigenvalue weighted by atomic mass is 9.99. The first-order valence-electron chi connectivity index (χ1n) is 18.6. The molecule has 1 aliphatic rings. The first-order valence-corrected chi connectivity index (χ1v) is 20.0. The van der Waals surface area contributed by atoms with Crippen molar-refractivity contribution in [3.8, 4) is 0 Å². The van der Waals surface area contributed by atoms with Crippen molar-refractivity contribution in [2.24, 2.45) is 0 Å². The molecule has 0 aliphatic carbocycles. The zero-order valence-electron chi connectivity index (χ0n) is 30.0. The van der Waals surface area contributed by atoms with Crippen molar-refractivity contribution in [3.05, 3.63) is 24.3 Å². The Morgan fingerprint density at radius 2 is 1.35 bits per heavy atom. The average molecular weight is 723 g/mol. The van der Waals surface area contributed by atoms with Gasteiger partial charge in [-0.2, -0.15) is 8.42 Å². The molecule has 13 heteroatoms. The second-order valence-corrected chi connectivity index (χ2v) is 13.9. The summed E-state index contributed by atoms with van der Waals surface area (Å²) < 4.78 is 58.5. The molecule has 6 unspecified atom stereocenters. The molecule has 0 aromatic rings. The molecule has 0 spiro atoms. The summed E-state index contributed by atoms with van der Waals surface area (Å²) in [6.07, 6.45) is 19.7. The third-order valence-corrected chi connectivity index (χ3v) is 8.79. The number of rotatable bonds is 31. The van der Waals surface area contributed by atoms with Crippen LogP contribution in [0, 0.1) is 0 Å². The number of allylic oxidation sites excluding steroid dienone is 4. The van der Waals surface area contributed by atoms with E-state index in [0.29, 0.717) is 13.0 Å². The minimum absolute atomic E-state index is 0.0301. The van der Waals surface area contributed by atoms with Crippen LogP contribution < -0.4 is 0 Å². The molecule has 1 aliphatic heterocycles. The lowest BCUT2D eigenvalue weighted by Crippen LogP contribution is -2.60. The fourth-order valence-corrected chi connectivity index (χ4v) is 5.97. The fourth-order valence-electron chi connectivity index (χ4n) is 5.46. The van der Waals surface area contributed by atoms with E-state index in [9.17, 15) is 28.5 Å². The number of unbranched alkanes of at least 4 members (excludes halogenated alkanes) is 14. The maximum absolute atomic E-state index is 12.6.